The fraction of sp³-hybridized carbons (Fsp3) is 0.0556. The lowest BCUT2D eigenvalue weighted by molar-refractivity contribution is 0.0622. The van der Waals surface area contributed by atoms with E-state index >= 15 is 0 Å². The van der Waals surface area contributed by atoms with E-state index in [1.807, 2.05) is 24.3 Å². The van der Waals surface area contributed by atoms with E-state index in [9.17, 15) is 4.79 Å². The summed E-state index contributed by atoms with van der Waals surface area (Å²) in [6.45, 7) is 0. The standard InChI is InChI=1S/C18H13ClN2O3/c19-13-7-5-12(6-8-13)14-11-15(16-3-1-9-23-16)21(20-14)18(22)17-4-2-10-24-17/h1-11,15,20H/t15-/m1/s1. The van der Waals surface area contributed by atoms with E-state index in [1.54, 1.807) is 36.6 Å². The maximum absolute atomic E-state index is 12.7. The minimum atomic E-state index is -0.372. The van der Waals surface area contributed by atoms with Gasteiger partial charge >= 0.3 is 5.91 Å². The molecular formula is C18H13ClN2O3. The molecule has 0 saturated heterocycles. The van der Waals surface area contributed by atoms with Gasteiger partial charge in [0.1, 0.15) is 11.8 Å². The number of furan rings is 2. The second-order valence-electron chi connectivity index (χ2n) is 5.31. The Morgan fingerprint density at radius 3 is 2.46 bits per heavy atom. The summed E-state index contributed by atoms with van der Waals surface area (Å²) in [6.07, 6.45) is 4.99. The van der Waals surface area contributed by atoms with Crippen LogP contribution in [-0.2, 0) is 0 Å². The molecule has 24 heavy (non-hydrogen) atoms. The number of carbonyl (C=O) groups excluding carboxylic acids is 1. The monoisotopic (exact) mass is 340 g/mol. The average molecular weight is 341 g/mol. The quantitative estimate of drug-likeness (QED) is 0.773. The van der Waals surface area contributed by atoms with Crippen LogP contribution < -0.4 is 5.43 Å². The molecular weight excluding hydrogens is 328 g/mol. The van der Waals surface area contributed by atoms with Crippen LogP contribution in [0.4, 0.5) is 0 Å². The molecule has 0 unspecified atom stereocenters. The molecule has 4 rings (SSSR count). The van der Waals surface area contributed by atoms with Gasteiger partial charge in [-0.25, -0.2) is 5.01 Å². The number of hydrogen-bond acceptors (Lipinski definition) is 4. The fourth-order valence-corrected chi connectivity index (χ4v) is 2.75. The van der Waals surface area contributed by atoms with Crippen LogP contribution in [0.2, 0.25) is 5.02 Å². The lowest BCUT2D eigenvalue weighted by atomic mass is 10.1. The van der Waals surface area contributed by atoms with Gasteiger partial charge in [-0.1, -0.05) is 23.7 Å². The summed E-state index contributed by atoms with van der Waals surface area (Å²) in [5, 5.41) is 2.14. The van der Waals surface area contributed by atoms with Crippen molar-refractivity contribution in [2.24, 2.45) is 0 Å². The lowest BCUT2D eigenvalue weighted by Crippen LogP contribution is -2.39. The molecule has 1 aromatic carbocycles. The number of carbonyl (C=O) groups is 1. The summed E-state index contributed by atoms with van der Waals surface area (Å²) in [6, 6.07) is 13.9. The first kappa shape index (κ1) is 14.7. The zero-order chi connectivity index (χ0) is 16.5. The number of hydrogen-bond donors (Lipinski definition) is 1. The van der Waals surface area contributed by atoms with Crippen LogP contribution in [0.25, 0.3) is 5.70 Å². The molecule has 1 atom stereocenters. The molecule has 0 radical (unpaired) electrons. The van der Waals surface area contributed by atoms with E-state index in [0.29, 0.717) is 10.8 Å². The van der Waals surface area contributed by atoms with Gasteiger partial charge in [-0.05, 0) is 48.0 Å². The Morgan fingerprint density at radius 1 is 1.04 bits per heavy atom. The molecule has 120 valence electrons. The minimum Gasteiger partial charge on any atom is -0.467 e. The maximum atomic E-state index is 12.7. The molecule has 0 saturated carbocycles. The predicted octanol–water partition coefficient (Wildman–Crippen LogP) is 4.27. The Hall–Kier alpha value is -2.92. The highest BCUT2D eigenvalue weighted by Gasteiger charge is 2.34. The molecule has 0 fully saturated rings. The zero-order valence-electron chi connectivity index (χ0n) is 12.5. The first-order chi connectivity index (χ1) is 11.7. The van der Waals surface area contributed by atoms with Crippen LogP contribution in [0.15, 0.2) is 76.0 Å². The van der Waals surface area contributed by atoms with E-state index in [-0.39, 0.29) is 17.7 Å². The largest absolute Gasteiger partial charge is 0.467 e. The smallest absolute Gasteiger partial charge is 0.308 e. The topological polar surface area (TPSA) is 58.6 Å². The van der Waals surface area contributed by atoms with Crippen molar-refractivity contribution >= 4 is 23.2 Å². The van der Waals surface area contributed by atoms with Crippen molar-refractivity contribution in [3.05, 3.63) is 89.2 Å². The van der Waals surface area contributed by atoms with Crippen molar-refractivity contribution < 1.29 is 13.6 Å². The van der Waals surface area contributed by atoms with Crippen LogP contribution in [0, 0.1) is 0 Å². The number of nitrogens with one attached hydrogen (secondary N) is 1. The average Bonchev–Trinajstić information content (AvgIpc) is 3.34. The second kappa shape index (κ2) is 5.94. The highest BCUT2D eigenvalue weighted by molar-refractivity contribution is 6.30. The number of hydrazine groups is 1. The summed E-state index contributed by atoms with van der Waals surface area (Å²) in [7, 11) is 0. The summed E-state index contributed by atoms with van der Waals surface area (Å²) in [5.74, 6) is 0.637. The molecule has 1 aliphatic heterocycles. The van der Waals surface area contributed by atoms with Gasteiger partial charge in [0, 0.05) is 5.02 Å². The fourth-order valence-electron chi connectivity index (χ4n) is 2.62. The Morgan fingerprint density at radius 2 is 1.79 bits per heavy atom. The van der Waals surface area contributed by atoms with Crippen molar-refractivity contribution in [1.82, 2.24) is 10.4 Å². The van der Waals surface area contributed by atoms with E-state index < -0.39 is 0 Å². The molecule has 0 spiro atoms. The highest BCUT2D eigenvalue weighted by atomic mass is 35.5. The van der Waals surface area contributed by atoms with E-state index in [1.165, 1.54) is 11.3 Å². The molecule has 3 aromatic rings. The molecule has 0 bridgehead atoms. The molecule has 5 nitrogen and oxygen atoms in total. The van der Waals surface area contributed by atoms with Crippen molar-refractivity contribution in [2.75, 3.05) is 0 Å². The first-order valence-electron chi connectivity index (χ1n) is 7.37. The van der Waals surface area contributed by atoms with Crippen LogP contribution in [-0.4, -0.2) is 10.9 Å². The van der Waals surface area contributed by atoms with Crippen LogP contribution in [0.5, 0.6) is 0 Å². The van der Waals surface area contributed by atoms with Gasteiger partial charge in [0.2, 0.25) is 0 Å². The van der Waals surface area contributed by atoms with Gasteiger partial charge < -0.3 is 8.83 Å². The summed E-state index contributed by atoms with van der Waals surface area (Å²) in [4.78, 5) is 12.7. The van der Waals surface area contributed by atoms with Gasteiger partial charge in [0.25, 0.3) is 0 Å². The van der Waals surface area contributed by atoms with Crippen molar-refractivity contribution in [3.63, 3.8) is 0 Å². The van der Waals surface area contributed by atoms with Gasteiger partial charge in [-0.15, -0.1) is 0 Å². The second-order valence-corrected chi connectivity index (χ2v) is 5.75. The minimum absolute atomic E-state index is 0.254. The third kappa shape index (κ3) is 2.59. The van der Waals surface area contributed by atoms with Gasteiger partial charge in [0.05, 0.1) is 18.2 Å². The Bertz CT molecular complexity index is 868. The van der Waals surface area contributed by atoms with Crippen molar-refractivity contribution in [2.45, 2.75) is 6.04 Å². The van der Waals surface area contributed by atoms with Crippen LogP contribution in [0.1, 0.15) is 27.9 Å². The molecule has 1 aliphatic rings. The van der Waals surface area contributed by atoms with E-state index in [4.69, 9.17) is 20.4 Å². The highest BCUT2D eigenvalue weighted by Crippen LogP contribution is 2.32. The van der Waals surface area contributed by atoms with Gasteiger partial charge in [-0.3, -0.25) is 10.2 Å². The lowest BCUT2D eigenvalue weighted by Gasteiger charge is -2.22. The Balaban J connectivity index is 1.70. The van der Waals surface area contributed by atoms with Crippen LogP contribution in [0.3, 0.4) is 0 Å². The molecule has 0 aliphatic carbocycles. The number of nitrogens with zero attached hydrogens (tertiary/aromatic N) is 1. The molecule has 6 heteroatoms. The molecule has 3 heterocycles. The summed E-state index contributed by atoms with van der Waals surface area (Å²) >= 11 is 5.94. The van der Waals surface area contributed by atoms with E-state index in [0.717, 1.165) is 11.3 Å². The van der Waals surface area contributed by atoms with E-state index in [2.05, 4.69) is 5.43 Å². The zero-order valence-corrected chi connectivity index (χ0v) is 13.2. The normalized spacial score (nSPS) is 16.8. The van der Waals surface area contributed by atoms with Gasteiger partial charge in [0.15, 0.2) is 5.76 Å². The summed E-state index contributed by atoms with van der Waals surface area (Å²) in [5.41, 5.74) is 4.86. The number of rotatable bonds is 3. The third-order valence-electron chi connectivity index (χ3n) is 3.78. The predicted molar refractivity (Wildman–Crippen MR) is 88.9 cm³/mol. The SMILES string of the molecule is O=C(c1ccco1)N1NC(c2ccc(Cl)cc2)=C[C@@H]1c1ccco1. The molecule has 2 aromatic heterocycles. The number of benzene rings is 1. The first-order valence-corrected chi connectivity index (χ1v) is 7.75. The Kier molecular flexibility index (Phi) is 3.63. The third-order valence-corrected chi connectivity index (χ3v) is 4.04. The molecule has 1 N–H and O–H groups in total. The number of halogens is 1. The van der Waals surface area contributed by atoms with Crippen molar-refractivity contribution in [3.8, 4) is 0 Å². The summed E-state index contributed by atoms with van der Waals surface area (Å²) < 4.78 is 10.7. The van der Waals surface area contributed by atoms with Gasteiger partial charge in [-0.2, -0.15) is 0 Å². The maximum Gasteiger partial charge on any atom is 0.308 e. The van der Waals surface area contributed by atoms with Crippen LogP contribution >= 0.6 is 11.6 Å². The van der Waals surface area contributed by atoms with Crippen molar-refractivity contribution in [1.29, 1.82) is 0 Å². The number of amides is 1. The molecule has 1 amide bonds. The Labute approximate surface area is 143 Å².